The number of hydrogen-bond donors (Lipinski definition) is 2. The van der Waals surface area contributed by atoms with E-state index in [0.717, 1.165) is 5.56 Å². The summed E-state index contributed by atoms with van der Waals surface area (Å²) >= 11 is 5.93. The maximum atomic E-state index is 12.5. The zero-order chi connectivity index (χ0) is 16.8. The van der Waals surface area contributed by atoms with Crippen LogP contribution in [0.25, 0.3) is 0 Å². The quantitative estimate of drug-likeness (QED) is 0.850. The Kier molecular flexibility index (Phi) is 3.98. The summed E-state index contributed by atoms with van der Waals surface area (Å²) in [5, 5.41) is 13.7. The molecule has 1 amide bonds. The molecule has 0 fully saturated rings. The molecule has 1 heterocycles. The van der Waals surface area contributed by atoms with Gasteiger partial charge in [-0.25, -0.2) is 0 Å². The Labute approximate surface area is 140 Å². The first kappa shape index (κ1) is 16.1. The van der Waals surface area contributed by atoms with Crippen LogP contribution in [-0.4, -0.2) is 11.0 Å². The minimum absolute atomic E-state index is 0.0442. The highest BCUT2D eigenvalue weighted by atomic mass is 35.5. The molecule has 3 rings (SSSR count). The van der Waals surface area contributed by atoms with Gasteiger partial charge < -0.3 is 14.8 Å². The van der Waals surface area contributed by atoms with Crippen molar-refractivity contribution in [3.05, 3.63) is 51.9 Å². The third kappa shape index (κ3) is 3.14. The lowest BCUT2D eigenvalue weighted by Crippen LogP contribution is -2.24. The molecule has 0 bridgehead atoms. The van der Waals surface area contributed by atoms with Crippen LogP contribution in [0.5, 0.6) is 0 Å². The Morgan fingerprint density at radius 1 is 1.43 bits per heavy atom. The van der Waals surface area contributed by atoms with E-state index in [1.807, 2.05) is 6.92 Å². The second kappa shape index (κ2) is 5.69. The van der Waals surface area contributed by atoms with Crippen molar-refractivity contribution in [3.63, 3.8) is 0 Å². The van der Waals surface area contributed by atoms with Crippen molar-refractivity contribution < 1.29 is 14.3 Å². The van der Waals surface area contributed by atoms with Crippen molar-refractivity contribution in [2.45, 2.75) is 39.7 Å². The van der Waals surface area contributed by atoms with E-state index in [1.165, 1.54) is 0 Å². The number of carbonyl (C=O) groups excluding carboxylic acids is 1. The van der Waals surface area contributed by atoms with Crippen LogP contribution in [0, 0.1) is 12.3 Å². The summed E-state index contributed by atoms with van der Waals surface area (Å²) in [6.45, 7) is 5.99. The molecule has 0 saturated heterocycles. The lowest BCUT2D eigenvalue weighted by Gasteiger charge is -2.31. The van der Waals surface area contributed by atoms with Crippen LogP contribution in [0.15, 0.2) is 28.7 Å². The molecule has 0 spiro atoms. The maximum Gasteiger partial charge on any atom is 0.291 e. The van der Waals surface area contributed by atoms with Crippen LogP contribution in [-0.2, 0) is 6.42 Å². The monoisotopic (exact) mass is 333 g/mol. The number of nitrogens with one attached hydrogen (secondary N) is 1. The van der Waals surface area contributed by atoms with Crippen molar-refractivity contribution in [2.24, 2.45) is 5.41 Å². The van der Waals surface area contributed by atoms with Crippen LogP contribution < -0.4 is 5.32 Å². The SMILES string of the molecule is Cc1c(C(=O)Nc2cccc(Cl)c2)oc2c1[C@@H](O)CC(C)(C)C2. The number of hydrogen-bond acceptors (Lipinski definition) is 3. The Morgan fingerprint density at radius 2 is 2.17 bits per heavy atom. The molecule has 0 aliphatic heterocycles. The molecule has 122 valence electrons. The number of aliphatic hydroxyl groups excluding tert-OH is 1. The lowest BCUT2D eigenvalue weighted by atomic mass is 9.75. The molecule has 0 radical (unpaired) electrons. The number of furan rings is 1. The van der Waals surface area contributed by atoms with Crippen LogP contribution >= 0.6 is 11.6 Å². The molecule has 4 nitrogen and oxygen atoms in total. The molecular weight excluding hydrogens is 314 g/mol. The summed E-state index contributed by atoms with van der Waals surface area (Å²) in [4.78, 5) is 12.5. The molecule has 0 saturated carbocycles. The fourth-order valence-electron chi connectivity index (χ4n) is 3.26. The van der Waals surface area contributed by atoms with Gasteiger partial charge in [0.2, 0.25) is 0 Å². The van der Waals surface area contributed by atoms with Crippen molar-refractivity contribution in [3.8, 4) is 0 Å². The number of amides is 1. The van der Waals surface area contributed by atoms with Crippen LogP contribution in [0.3, 0.4) is 0 Å². The number of halogens is 1. The number of rotatable bonds is 2. The second-order valence-electron chi connectivity index (χ2n) is 6.92. The summed E-state index contributed by atoms with van der Waals surface area (Å²) in [6, 6.07) is 6.95. The molecule has 1 aliphatic carbocycles. The van der Waals surface area contributed by atoms with E-state index >= 15 is 0 Å². The minimum Gasteiger partial charge on any atom is -0.455 e. The van der Waals surface area contributed by atoms with E-state index < -0.39 is 6.10 Å². The predicted molar refractivity (Wildman–Crippen MR) is 89.9 cm³/mol. The number of anilines is 1. The first-order valence-corrected chi connectivity index (χ1v) is 8.02. The first-order valence-electron chi connectivity index (χ1n) is 7.64. The van der Waals surface area contributed by atoms with Crippen LogP contribution in [0.4, 0.5) is 5.69 Å². The summed E-state index contributed by atoms with van der Waals surface area (Å²) in [6.07, 6.45) is 0.783. The third-order valence-electron chi connectivity index (χ3n) is 4.28. The summed E-state index contributed by atoms with van der Waals surface area (Å²) < 4.78 is 5.80. The van der Waals surface area contributed by atoms with Gasteiger partial charge in [0.05, 0.1) is 6.10 Å². The van der Waals surface area contributed by atoms with Crippen LogP contribution in [0.2, 0.25) is 5.02 Å². The highest BCUT2D eigenvalue weighted by molar-refractivity contribution is 6.30. The molecule has 1 aliphatic rings. The number of aliphatic hydroxyl groups is 1. The number of carbonyl (C=O) groups is 1. The largest absolute Gasteiger partial charge is 0.455 e. The summed E-state index contributed by atoms with van der Waals surface area (Å²) in [7, 11) is 0. The molecule has 1 aromatic heterocycles. The Hall–Kier alpha value is -1.78. The molecule has 2 N–H and O–H groups in total. The molecule has 1 atom stereocenters. The Bertz CT molecular complexity index is 764. The van der Waals surface area contributed by atoms with Crippen molar-refractivity contribution in [1.82, 2.24) is 0 Å². The van der Waals surface area contributed by atoms with Gasteiger partial charge in [0.15, 0.2) is 5.76 Å². The standard InChI is InChI=1S/C18H20ClNO3/c1-10-15-13(21)8-18(2,3)9-14(15)23-16(10)17(22)20-12-6-4-5-11(19)7-12/h4-7,13,21H,8-9H2,1-3H3,(H,20,22)/t13-/m0/s1. The summed E-state index contributed by atoms with van der Waals surface area (Å²) in [5.41, 5.74) is 2.04. The minimum atomic E-state index is -0.592. The number of benzene rings is 1. The van der Waals surface area contributed by atoms with Crippen molar-refractivity contribution >= 4 is 23.2 Å². The van der Waals surface area contributed by atoms with Gasteiger partial charge in [-0.15, -0.1) is 0 Å². The smallest absolute Gasteiger partial charge is 0.291 e. The third-order valence-corrected chi connectivity index (χ3v) is 4.51. The normalized spacial score (nSPS) is 19.3. The Morgan fingerprint density at radius 3 is 2.87 bits per heavy atom. The van der Waals surface area contributed by atoms with E-state index in [9.17, 15) is 9.90 Å². The zero-order valence-corrected chi connectivity index (χ0v) is 14.2. The first-order chi connectivity index (χ1) is 10.8. The maximum absolute atomic E-state index is 12.5. The average Bonchev–Trinajstić information content (AvgIpc) is 2.74. The van der Waals surface area contributed by atoms with Gasteiger partial charge in [0, 0.05) is 28.3 Å². The van der Waals surface area contributed by atoms with E-state index in [1.54, 1.807) is 24.3 Å². The average molecular weight is 334 g/mol. The highest BCUT2D eigenvalue weighted by Crippen LogP contribution is 2.44. The van der Waals surface area contributed by atoms with E-state index in [2.05, 4.69) is 19.2 Å². The van der Waals surface area contributed by atoms with Gasteiger partial charge in [0.1, 0.15) is 5.76 Å². The van der Waals surface area contributed by atoms with Gasteiger partial charge in [0.25, 0.3) is 5.91 Å². The fraction of sp³-hybridized carbons (Fsp3) is 0.389. The van der Waals surface area contributed by atoms with Crippen molar-refractivity contribution in [1.29, 1.82) is 0 Å². The van der Waals surface area contributed by atoms with Crippen LogP contribution in [0.1, 0.15) is 53.8 Å². The number of fused-ring (bicyclic) bond motifs is 1. The molecule has 0 unspecified atom stereocenters. The van der Waals surface area contributed by atoms with Gasteiger partial charge in [-0.1, -0.05) is 31.5 Å². The lowest BCUT2D eigenvalue weighted by molar-refractivity contribution is 0.0910. The fourth-order valence-corrected chi connectivity index (χ4v) is 3.45. The van der Waals surface area contributed by atoms with Gasteiger partial charge in [-0.2, -0.15) is 0 Å². The van der Waals surface area contributed by atoms with E-state index in [0.29, 0.717) is 34.9 Å². The van der Waals surface area contributed by atoms with Gasteiger partial charge >= 0.3 is 0 Å². The van der Waals surface area contributed by atoms with Crippen molar-refractivity contribution in [2.75, 3.05) is 5.32 Å². The van der Waals surface area contributed by atoms with Gasteiger partial charge in [-0.3, -0.25) is 4.79 Å². The Balaban J connectivity index is 1.91. The highest BCUT2D eigenvalue weighted by Gasteiger charge is 2.37. The molecule has 2 aromatic rings. The van der Waals surface area contributed by atoms with Gasteiger partial charge in [-0.05, 0) is 37.0 Å². The zero-order valence-electron chi connectivity index (χ0n) is 13.4. The molecule has 1 aromatic carbocycles. The second-order valence-corrected chi connectivity index (χ2v) is 7.35. The predicted octanol–water partition coefficient (Wildman–Crippen LogP) is 4.50. The van der Waals surface area contributed by atoms with E-state index in [-0.39, 0.29) is 17.1 Å². The molecule has 23 heavy (non-hydrogen) atoms. The molecule has 5 heteroatoms. The van der Waals surface area contributed by atoms with E-state index in [4.69, 9.17) is 16.0 Å². The molecular formula is C18H20ClNO3. The topological polar surface area (TPSA) is 62.5 Å². The summed E-state index contributed by atoms with van der Waals surface area (Å²) in [5.74, 6) is 0.637.